The first-order valence-corrected chi connectivity index (χ1v) is 12.3. The van der Waals surface area contributed by atoms with Gasteiger partial charge in [0, 0.05) is 29.7 Å². The number of carboxylic acid groups (broad SMARTS) is 1. The van der Waals surface area contributed by atoms with Crippen LogP contribution in [0.1, 0.15) is 48.9 Å². The molecule has 4 aromatic rings. The van der Waals surface area contributed by atoms with Gasteiger partial charge in [0.25, 0.3) is 0 Å². The summed E-state index contributed by atoms with van der Waals surface area (Å²) >= 11 is 6.50. The molecule has 0 spiro atoms. The van der Waals surface area contributed by atoms with Crippen molar-refractivity contribution in [2.24, 2.45) is 12.5 Å². The SMILES string of the molecule is Cc1c(C)n(C)c2c(Cn3c(=O)n(CC4(C(=O)O)CCCCC4)c4ccccc43)cc(Cl)cc12. The standard InChI is InChI=1S/C27H30ClN3O3/c1-17-18(2)29(3)24-19(13-20(28)14-21(17)24)15-30-22-9-5-6-10-23(22)31(26(30)34)16-27(25(32)33)11-7-4-8-12-27/h5-6,9-10,13-14H,4,7-8,11-12,15-16H2,1-3H3,(H,32,33). The van der Waals surface area contributed by atoms with Crippen molar-refractivity contribution in [1.82, 2.24) is 13.7 Å². The highest BCUT2D eigenvalue weighted by molar-refractivity contribution is 6.31. The van der Waals surface area contributed by atoms with Crippen molar-refractivity contribution in [3.8, 4) is 0 Å². The van der Waals surface area contributed by atoms with Gasteiger partial charge in [0.1, 0.15) is 0 Å². The predicted molar refractivity (Wildman–Crippen MR) is 136 cm³/mol. The molecule has 2 aromatic heterocycles. The molecule has 0 radical (unpaired) electrons. The number of hydrogen-bond donors (Lipinski definition) is 1. The Labute approximate surface area is 203 Å². The Morgan fingerprint density at radius 1 is 1.06 bits per heavy atom. The molecule has 0 bridgehead atoms. The molecule has 1 saturated carbocycles. The number of carboxylic acids is 1. The van der Waals surface area contributed by atoms with Crippen LogP contribution >= 0.6 is 11.6 Å². The fraction of sp³-hybridized carbons (Fsp3) is 0.407. The summed E-state index contributed by atoms with van der Waals surface area (Å²) in [5, 5.41) is 11.9. The quantitative estimate of drug-likeness (QED) is 0.402. The molecule has 0 atom stereocenters. The fourth-order valence-corrected chi connectivity index (χ4v) is 6.03. The Morgan fingerprint density at radius 3 is 2.35 bits per heavy atom. The Balaban J connectivity index is 1.67. The molecular weight excluding hydrogens is 450 g/mol. The van der Waals surface area contributed by atoms with Crippen LogP contribution in [0, 0.1) is 19.3 Å². The van der Waals surface area contributed by atoms with Gasteiger partial charge in [-0.1, -0.05) is 43.0 Å². The van der Waals surface area contributed by atoms with Crippen LogP contribution in [0.2, 0.25) is 5.02 Å². The van der Waals surface area contributed by atoms with Crippen LogP contribution in [0.25, 0.3) is 21.9 Å². The molecule has 0 unspecified atom stereocenters. The zero-order valence-corrected chi connectivity index (χ0v) is 20.7. The number of benzene rings is 2. The molecule has 1 aliphatic rings. The van der Waals surface area contributed by atoms with Gasteiger partial charge in [0.05, 0.1) is 28.5 Å². The molecule has 0 saturated heterocycles. The monoisotopic (exact) mass is 479 g/mol. The van der Waals surface area contributed by atoms with Gasteiger partial charge in [0.2, 0.25) is 0 Å². The van der Waals surface area contributed by atoms with Gasteiger partial charge < -0.3 is 9.67 Å². The van der Waals surface area contributed by atoms with E-state index < -0.39 is 11.4 Å². The number of para-hydroxylation sites is 2. The number of imidazole rings is 1. The number of fused-ring (bicyclic) bond motifs is 2. The molecule has 0 amide bonds. The minimum absolute atomic E-state index is 0.178. The van der Waals surface area contributed by atoms with Crippen LogP contribution < -0.4 is 5.69 Å². The average molecular weight is 480 g/mol. The van der Waals surface area contributed by atoms with E-state index in [1.807, 2.05) is 43.4 Å². The van der Waals surface area contributed by atoms with E-state index in [-0.39, 0.29) is 12.2 Å². The number of hydrogen-bond acceptors (Lipinski definition) is 2. The van der Waals surface area contributed by atoms with Gasteiger partial charge in [-0.15, -0.1) is 0 Å². The second-order valence-corrected chi connectivity index (χ2v) is 10.3. The lowest BCUT2D eigenvalue weighted by atomic mass is 9.74. The highest BCUT2D eigenvalue weighted by Crippen LogP contribution is 2.39. The van der Waals surface area contributed by atoms with Crippen LogP contribution in [0.5, 0.6) is 0 Å². The zero-order chi connectivity index (χ0) is 24.2. The minimum atomic E-state index is -0.896. The normalized spacial score (nSPS) is 15.9. The smallest absolute Gasteiger partial charge is 0.329 e. The summed E-state index contributed by atoms with van der Waals surface area (Å²) in [7, 11) is 2.04. The molecule has 1 fully saturated rings. The highest BCUT2D eigenvalue weighted by atomic mass is 35.5. The zero-order valence-electron chi connectivity index (χ0n) is 19.9. The van der Waals surface area contributed by atoms with Crippen molar-refractivity contribution in [2.75, 3.05) is 0 Å². The number of carbonyl (C=O) groups is 1. The number of halogens is 1. The van der Waals surface area contributed by atoms with Crippen LogP contribution in [-0.4, -0.2) is 24.8 Å². The molecule has 1 N–H and O–H groups in total. The van der Waals surface area contributed by atoms with Crippen LogP contribution in [-0.2, 0) is 24.9 Å². The Morgan fingerprint density at radius 2 is 1.71 bits per heavy atom. The van der Waals surface area contributed by atoms with E-state index in [9.17, 15) is 14.7 Å². The molecule has 1 aliphatic carbocycles. The summed E-state index contributed by atoms with van der Waals surface area (Å²) in [6.45, 7) is 4.73. The third-order valence-electron chi connectivity index (χ3n) is 7.92. The average Bonchev–Trinajstić information content (AvgIpc) is 3.20. The summed E-state index contributed by atoms with van der Waals surface area (Å²) in [4.78, 5) is 26.1. The van der Waals surface area contributed by atoms with E-state index in [0.29, 0.717) is 24.4 Å². The Kier molecular flexibility index (Phi) is 5.59. The minimum Gasteiger partial charge on any atom is -0.481 e. The van der Waals surface area contributed by atoms with Crippen LogP contribution in [0.3, 0.4) is 0 Å². The predicted octanol–water partition coefficient (Wildman–Crippen LogP) is 5.65. The Hall–Kier alpha value is -2.99. The van der Waals surface area contributed by atoms with E-state index in [1.54, 1.807) is 9.13 Å². The van der Waals surface area contributed by atoms with Gasteiger partial charge in [0.15, 0.2) is 0 Å². The van der Waals surface area contributed by atoms with Gasteiger partial charge in [-0.25, -0.2) is 4.79 Å². The van der Waals surface area contributed by atoms with Crippen molar-refractivity contribution >= 4 is 39.5 Å². The van der Waals surface area contributed by atoms with Crippen molar-refractivity contribution in [1.29, 1.82) is 0 Å². The lowest BCUT2D eigenvalue weighted by Crippen LogP contribution is -2.40. The maximum absolute atomic E-state index is 13.8. The van der Waals surface area contributed by atoms with Gasteiger partial charge in [-0.2, -0.15) is 0 Å². The summed E-state index contributed by atoms with van der Waals surface area (Å²) in [6.07, 6.45) is 4.01. The highest BCUT2D eigenvalue weighted by Gasteiger charge is 2.41. The maximum Gasteiger partial charge on any atom is 0.329 e. The largest absolute Gasteiger partial charge is 0.481 e. The second kappa shape index (κ2) is 8.35. The van der Waals surface area contributed by atoms with E-state index in [1.165, 1.54) is 5.56 Å². The van der Waals surface area contributed by atoms with Crippen LogP contribution in [0.4, 0.5) is 0 Å². The lowest BCUT2D eigenvalue weighted by Gasteiger charge is -2.33. The van der Waals surface area contributed by atoms with E-state index in [4.69, 9.17) is 11.6 Å². The molecular formula is C27H30ClN3O3. The number of aromatic nitrogens is 3. The van der Waals surface area contributed by atoms with Gasteiger partial charge in [-0.3, -0.25) is 13.9 Å². The molecule has 5 rings (SSSR count). The first kappa shape index (κ1) is 22.8. The van der Waals surface area contributed by atoms with Crippen LogP contribution in [0.15, 0.2) is 41.2 Å². The molecule has 2 heterocycles. The molecule has 178 valence electrons. The van der Waals surface area contributed by atoms with E-state index in [0.717, 1.165) is 52.5 Å². The third kappa shape index (κ3) is 3.47. The molecule has 34 heavy (non-hydrogen) atoms. The number of aliphatic carboxylic acids is 1. The third-order valence-corrected chi connectivity index (χ3v) is 8.14. The topological polar surface area (TPSA) is 69.2 Å². The first-order chi connectivity index (χ1) is 16.2. The lowest BCUT2D eigenvalue weighted by molar-refractivity contribution is -0.152. The first-order valence-electron chi connectivity index (χ1n) is 11.9. The number of rotatable bonds is 5. The summed E-state index contributed by atoms with van der Waals surface area (Å²) in [5.74, 6) is -0.803. The van der Waals surface area contributed by atoms with Crippen molar-refractivity contribution in [3.63, 3.8) is 0 Å². The van der Waals surface area contributed by atoms with Gasteiger partial charge >= 0.3 is 11.7 Å². The molecule has 2 aromatic carbocycles. The van der Waals surface area contributed by atoms with Crippen molar-refractivity contribution in [2.45, 2.75) is 59.0 Å². The fourth-order valence-electron chi connectivity index (χ4n) is 5.79. The van der Waals surface area contributed by atoms with Gasteiger partial charge in [-0.05, 0) is 62.1 Å². The number of aryl methyl sites for hydroxylation is 2. The molecule has 7 heteroatoms. The second-order valence-electron chi connectivity index (χ2n) is 9.82. The number of nitrogens with zero attached hydrogens (tertiary/aromatic N) is 3. The summed E-state index contributed by atoms with van der Waals surface area (Å²) < 4.78 is 5.59. The summed E-state index contributed by atoms with van der Waals surface area (Å²) in [6, 6.07) is 11.6. The Bertz CT molecular complexity index is 1480. The molecule has 0 aliphatic heterocycles. The maximum atomic E-state index is 13.8. The summed E-state index contributed by atoms with van der Waals surface area (Å²) in [5.41, 5.74) is 4.88. The van der Waals surface area contributed by atoms with Crippen molar-refractivity contribution < 1.29 is 9.90 Å². The van der Waals surface area contributed by atoms with E-state index >= 15 is 0 Å². The molecule has 6 nitrogen and oxygen atoms in total. The van der Waals surface area contributed by atoms with E-state index in [2.05, 4.69) is 18.4 Å². The van der Waals surface area contributed by atoms with Crippen molar-refractivity contribution in [3.05, 3.63) is 68.7 Å².